The average molecular weight is 224 g/mol. The Morgan fingerprint density at radius 2 is 2.19 bits per heavy atom. The number of carbonyl (C=O) groups excluding carboxylic acids is 1. The molecule has 0 radical (unpaired) electrons. The minimum atomic E-state index is -0.538. The molecule has 0 bridgehead atoms. The fourth-order valence-corrected chi connectivity index (χ4v) is 1.04. The van der Waals surface area contributed by atoms with Crippen LogP contribution >= 0.6 is 0 Å². The number of aliphatic hydroxyl groups excluding tert-OH is 1. The van der Waals surface area contributed by atoms with E-state index in [1.54, 1.807) is 6.07 Å². The number of hydrogen-bond donors (Lipinski definition) is 2. The van der Waals surface area contributed by atoms with Crippen molar-refractivity contribution in [2.24, 2.45) is 0 Å². The second-order valence-electron chi connectivity index (χ2n) is 4.45. The third-order valence-electron chi connectivity index (χ3n) is 1.64. The van der Waals surface area contributed by atoms with Crippen LogP contribution in [-0.2, 0) is 6.61 Å². The highest BCUT2D eigenvalue weighted by Crippen LogP contribution is 2.11. The van der Waals surface area contributed by atoms with Gasteiger partial charge in [0.25, 0.3) is 0 Å². The molecule has 0 unspecified atom stereocenters. The summed E-state index contributed by atoms with van der Waals surface area (Å²) in [4.78, 5) is 15.2. The molecule has 1 aromatic rings. The predicted molar refractivity (Wildman–Crippen MR) is 59.1 cm³/mol. The summed E-state index contributed by atoms with van der Waals surface area (Å²) in [5.74, 6) is 0.313. The predicted octanol–water partition coefficient (Wildman–Crippen LogP) is 1.46. The third-order valence-corrected chi connectivity index (χ3v) is 1.64. The van der Waals surface area contributed by atoms with E-state index in [0.717, 1.165) is 0 Å². The molecular formula is C11H16N2O3. The highest BCUT2D eigenvalue weighted by Gasteiger charge is 2.15. The zero-order valence-electron chi connectivity index (χ0n) is 9.65. The van der Waals surface area contributed by atoms with E-state index < -0.39 is 6.09 Å². The van der Waals surface area contributed by atoms with Gasteiger partial charge in [0.2, 0.25) is 0 Å². The summed E-state index contributed by atoms with van der Waals surface area (Å²) in [5.41, 5.74) is 0.250. The largest absolute Gasteiger partial charge is 0.413 e. The maximum absolute atomic E-state index is 11.4. The van der Waals surface area contributed by atoms with Crippen molar-refractivity contribution in [3.8, 4) is 5.75 Å². The van der Waals surface area contributed by atoms with Gasteiger partial charge in [0, 0.05) is 11.7 Å². The molecule has 0 fully saturated rings. The van der Waals surface area contributed by atoms with Gasteiger partial charge < -0.3 is 15.2 Å². The lowest BCUT2D eigenvalue weighted by molar-refractivity contribution is 0.190. The van der Waals surface area contributed by atoms with E-state index in [9.17, 15) is 4.79 Å². The first-order valence-electron chi connectivity index (χ1n) is 4.95. The molecule has 0 saturated heterocycles. The number of aliphatic hydroxyl groups is 1. The summed E-state index contributed by atoms with van der Waals surface area (Å²) >= 11 is 0. The van der Waals surface area contributed by atoms with Gasteiger partial charge >= 0.3 is 6.09 Å². The molecule has 1 heterocycles. The summed E-state index contributed by atoms with van der Waals surface area (Å²) in [6.45, 7) is 5.44. The lowest BCUT2D eigenvalue weighted by Crippen LogP contribution is -2.42. The van der Waals surface area contributed by atoms with Crippen molar-refractivity contribution in [2.75, 3.05) is 0 Å². The quantitative estimate of drug-likeness (QED) is 0.797. The smallest absolute Gasteiger partial charge is 0.409 e. The van der Waals surface area contributed by atoms with Gasteiger partial charge in [-0.25, -0.2) is 4.79 Å². The number of rotatable bonds is 2. The molecular weight excluding hydrogens is 208 g/mol. The third kappa shape index (κ3) is 4.27. The Hall–Kier alpha value is -1.62. The maximum atomic E-state index is 11.4. The first-order valence-corrected chi connectivity index (χ1v) is 4.95. The van der Waals surface area contributed by atoms with Crippen molar-refractivity contribution in [2.45, 2.75) is 32.9 Å². The molecule has 0 spiro atoms. The number of amides is 1. The minimum Gasteiger partial charge on any atom is -0.409 e. The van der Waals surface area contributed by atoms with Crippen molar-refractivity contribution in [1.29, 1.82) is 0 Å². The second kappa shape index (κ2) is 4.94. The Balaban J connectivity index is 2.62. The van der Waals surface area contributed by atoms with Crippen molar-refractivity contribution in [3.63, 3.8) is 0 Å². The fourth-order valence-electron chi connectivity index (χ4n) is 1.04. The molecule has 5 heteroatoms. The van der Waals surface area contributed by atoms with Crippen LogP contribution in [0.25, 0.3) is 0 Å². The van der Waals surface area contributed by atoms with Gasteiger partial charge in [-0.1, -0.05) is 0 Å². The number of nitrogens with zero attached hydrogens (tertiary/aromatic N) is 1. The van der Waals surface area contributed by atoms with Crippen LogP contribution in [0, 0.1) is 0 Å². The minimum absolute atomic E-state index is 0.134. The Bertz CT molecular complexity index is 372. The number of aromatic nitrogens is 1. The van der Waals surface area contributed by atoms with E-state index in [2.05, 4.69) is 10.3 Å². The lowest BCUT2D eigenvalue weighted by atomic mass is 10.1. The number of hydrogen-bond acceptors (Lipinski definition) is 4. The van der Waals surface area contributed by atoms with Crippen molar-refractivity contribution in [1.82, 2.24) is 10.3 Å². The van der Waals surface area contributed by atoms with Crippen LogP contribution in [0.1, 0.15) is 26.3 Å². The maximum Gasteiger partial charge on any atom is 0.413 e. The lowest BCUT2D eigenvalue weighted by Gasteiger charge is -2.19. The molecule has 0 aliphatic rings. The van der Waals surface area contributed by atoms with Crippen molar-refractivity contribution >= 4 is 6.09 Å². The molecule has 0 aliphatic heterocycles. The zero-order chi connectivity index (χ0) is 12.2. The molecule has 1 aromatic heterocycles. The summed E-state index contributed by atoms with van der Waals surface area (Å²) < 4.78 is 5.01. The van der Waals surface area contributed by atoms with Crippen LogP contribution in [-0.4, -0.2) is 21.7 Å². The average Bonchev–Trinajstić information content (AvgIpc) is 2.15. The second-order valence-corrected chi connectivity index (χ2v) is 4.45. The molecule has 1 rings (SSSR count). The molecule has 0 aliphatic carbocycles. The van der Waals surface area contributed by atoms with E-state index >= 15 is 0 Å². The molecule has 0 atom stereocenters. The SMILES string of the molecule is CC(C)(C)NC(=O)Oc1cncc(CO)c1. The number of ether oxygens (including phenoxy) is 1. The normalized spacial score (nSPS) is 11.0. The van der Waals surface area contributed by atoms with Crippen LogP contribution in [0.5, 0.6) is 5.75 Å². The van der Waals surface area contributed by atoms with E-state index in [1.807, 2.05) is 20.8 Å². The Kier molecular flexibility index (Phi) is 3.84. The first kappa shape index (κ1) is 12.4. The van der Waals surface area contributed by atoms with Crippen LogP contribution in [0.3, 0.4) is 0 Å². The molecule has 2 N–H and O–H groups in total. The van der Waals surface area contributed by atoms with Gasteiger partial charge in [-0.2, -0.15) is 0 Å². The van der Waals surface area contributed by atoms with E-state index in [0.29, 0.717) is 11.3 Å². The highest BCUT2D eigenvalue weighted by molar-refractivity contribution is 5.71. The zero-order valence-corrected chi connectivity index (χ0v) is 9.65. The first-order chi connectivity index (χ1) is 7.40. The van der Waals surface area contributed by atoms with Crippen molar-refractivity contribution < 1.29 is 14.6 Å². The Labute approximate surface area is 94.5 Å². The van der Waals surface area contributed by atoms with Crippen LogP contribution in [0.15, 0.2) is 18.5 Å². The van der Waals surface area contributed by atoms with Gasteiger partial charge in [0.15, 0.2) is 5.75 Å². The summed E-state index contributed by atoms with van der Waals surface area (Å²) in [6.07, 6.45) is 2.39. The van der Waals surface area contributed by atoms with Gasteiger partial charge in [0.05, 0.1) is 12.8 Å². The molecule has 88 valence electrons. The van der Waals surface area contributed by atoms with Gasteiger partial charge in [-0.15, -0.1) is 0 Å². The molecule has 1 amide bonds. The van der Waals surface area contributed by atoms with Gasteiger partial charge in [0.1, 0.15) is 0 Å². The van der Waals surface area contributed by atoms with Crippen molar-refractivity contribution in [3.05, 3.63) is 24.0 Å². The molecule has 16 heavy (non-hydrogen) atoms. The van der Waals surface area contributed by atoms with Crippen LogP contribution in [0.4, 0.5) is 4.79 Å². The van der Waals surface area contributed by atoms with E-state index in [-0.39, 0.29) is 12.1 Å². The van der Waals surface area contributed by atoms with Gasteiger partial charge in [-0.05, 0) is 32.4 Å². The van der Waals surface area contributed by atoms with E-state index in [1.165, 1.54) is 12.4 Å². The number of pyridine rings is 1. The van der Waals surface area contributed by atoms with Crippen LogP contribution in [0.2, 0.25) is 0 Å². The molecule has 5 nitrogen and oxygen atoms in total. The Morgan fingerprint density at radius 1 is 1.50 bits per heavy atom. The number of carbonyl (C=O) groups is 1. The summed E-state index contributed by atoms with van der Waals surface area (Å²) in [5, 5.41) is 11.5. The highest BCUT2D eigenvalue weighted by atomic mass is 16.6. The molecule has 0 aromatic carbocycles. The fraction of sp³-hybridized carbons (Fsp3) is 0.455. The number of nitrogens with one attached hydrogen (secondary N) is 1. The summed E-state index contributed by atoms with van der Waals surface area (Å²) in [7, 11) is 0. The van der Waals surface area contributed by atoms with E-state index in [4.69, 9.17) is 9.84 Å². The monoisotopic (exact) mass is 224 g/mol. The Morgan fingerprint density at radius 3 is 2.75 bits per heavy atom. The topological polar surface area (TPSA) is 71.5 Å². The standard InChI is InChI=1S/C11H16N2O3/c1-11(2,3)13-10(15)16-9-4-8(7-14)5-12-6-9/h4-6,14H,7H2,1-3H3,(H,13,15). The van der Waals surface area contributed by atoms with Crippen LogP contribution < -0.4 is 10.1 Å². The van der Waals surface area contributed by atoms with Gasteiger partial charge in [-0.3, -0.25) is 4.98 Å². The summed E-state index contributed by atoms with van der Waals surface area (Å²) in [6, 6.07) is 1.56. The molecule has 0 saturated carbocycles.